The van der Waals surface area contributed by atoms with Crippen LogP contribution >= 0.6 is 0 Å². The van der Waals surface area contributed by atoms with Gasteiger partial charge in [0.05, 0.1) is 0 Å². The average molecular weight is 291 g/mol. The van der Waals surface area contributed by atoms with Gasteiger partial charge in [0.25, 0.3) is 0 Å². The van der Waals surface area contributed by atoms with Crippen LogP contribution < -0.4 is 0 Å². The smallest absolute Gasteiger partial charge is 0.192 e. The Labute approximate surface area is 117 Å². The molecule has 0 radical (unpaired) electrons. The van der Waals surface area contributed by atoms with E-state index < -0.39 is 16.6 Å². The van der Waals surface area contributed by atoms with Gasteiger partial charge in [-0.05, 0) is 37.8 Å². The first-order valence-electron chi connectivity index (χ1n) is 7.37. The van der Waals surface area contributed by atoms with Crippen LogP contribution in [0, 0.1) is 5.41 Å². The third kappa shape index (κ3) is 7.07. The van der Waals surface area contributed by atoms with Crippen LogP contribution in [0.2, 0.25) is 37.8 Å². The summed E-state index contributed by atoms with van der Waals surface area (Å²) in [5.41, 5.74) is 0.137. The first kappa shape index (κ1) is 18.4. The molecule has 2 nitrogen and oxygen atoms in total. The Morgan fingerprint density at radius 2 is 1.17 bits per heavy atom. The zero-order chi connectivity index (χ0) is 14.4. The second-order valence-electron chi connectivity index (χ2n) is 7.10. The maximum Gasteiger partial charge on any atom is 0.192 e. The molecule has 0 aliphatic carbocycles. The molecule has 0 aliphatic rings. The average Bonchev–Trinajstić information content (AvgIpc) is 2.29. The lowest BCUT2D eigenvalue weighted by Gasteiger charge is -2.35. The van der Waals surface area contributed by atoms with Gasteiger partial charge in [-0.3, -0.25) is 0 Å². The molecular weight excluding hydrogens is 256 g/mol. The summed E-state index contributed by atoms with van der Waals surface area (Å²) >= 11 is 0. The summed E-state index contributed by atoms with van der Waals surface area (Å²) < 4.78 is 12.4. The Balaban J connectivity index is 4.32. The number of rotatable bonds is 9. The summed E-state index contributed by atoms with van der Waals surface area (Å²) in [7, 11) is -2.86. The molecule has 0 amide bonds. The van der Waals surface area contributed by atoms with Crippen LogP contribution in [0.15, 0.2) is 0 Å². The molecule has 0 atom stereocenters. The lowest BCUT2D eigenvalue weighted by atomic mass is 9.97. The molecule has 0 rings (SSSR count). The molecule has 4 heteroatoms. The van der Waals surface area contributed by atoms with Gasteiger partial charge in [0.15, 0.2) is 16.6 Å². The van der Waals surface area contributed by atoms with Crippen LogP contribution in [-0.2, 0) is 8.85 Å². The van der Waals surface area contributed by atoms with E-state index in [1.807, 2.05) is 0 Å². The number of hydrogen-bond donors (Lipinski definition) is 0. The van der Waals surface area contributed by atoms with Crippen LogP contribution in [0.25, 0.3) is 0 Å². The second kappa shape index (κ2) is 7.22. The van der Waals surface area contributed by atoms with Crippen molar-refractivity contribution >= 4 is 16.6 Å². The molecule has 0 aliphatic heterocycles. The minimum absolute atomic E-state index is 0.137. The minimum Gasteiger partial charge on any atom is -0.417 e. The summed E-state index contributed by atoms with van der Waals surface area (Å²) in [5, 5.41) is 0. The van der Waals surface area contributed by atoms with E-state index >= 15 is 0 Å². The van der Waals surface area contributed by atoms with Crippen molar-refractivity contribution in [2.75, 3.05) is 13.2 Å². The van der Waals surface area contributed by atoms with Gasteiger partial charge in [0.1, 0.15) is 0 Å². The predicted molar refractivity (Wildman–Crippen MR) is 86.2 cm³/mol. The lowest BCUT2D eigenvalue weighted by molar-refractivity contribution is 0.101. The number of hydrogen-bond acceptors (Lipinski definition) is 2. The van der Waals surface area contributed by atoms with Gasteiger partial charge in [0.2, 0.25) is 0 Å². The SMILES string of the molecule is CC[Si](CC)(CC)OCC(C)(C)CO[Si](C)(C)C. The van der Waals surface area contributed by atoms with E-state index in [9.17, 15) is 0 Å². The highest BCUT2D eigenvalue weighted by molar-refractivity contribution is 6.73. The Bertz CT molecular complexity index is 222. The fraction of sp³-hybridized carbons (Fsp3) is 1.00. The molecule has 18 heavy (non-hydrogen) atoms. The predicted octanol–water partition coefficient (Wildman–Crippen LogP) is 4.89. The topological polar surface area (TPSA) is 18.5 Å². The first-order valence-corrected chi connectivity index (χ1v) is 13.3. The summed E-state index contributed by atoms with van der Waals surface area (Å²) in [6.45, 7) is 19.8. The van der Waals surface area contributed by atoms with Gasteiger partial charge < -0.3 is 8.85 Å². The standard InChI is InChI=1S/C14H34O2Si2/c1-9-18(10-2,11-3)16-13-14(4,5)12-15-17(6,7)8/h9-13H2,1-8H3. The summed E-state index contributed by atoms with van der Waals surface area (Å²) in [5.74, 6) is 0. The normalized spacial score (nSPS) is 14.0. The Hall–Kier alpha value is 0.354. The first-order chi connectivity index (χ1) is 8.10. The molecule has 0 spiro atoms. The highest BCUT2D eigenvalue weighted by Gasteiger charge is 2.32. The maximum absolute atomic E-state index is 6.38. The Morgan fingerprint density at radius 3 is 1.50 bits per heavy atom. The quantitative estimate of drug-likeness (QED) is 0.563. The minimum atomic E-state index is -1.45. The molecule has 0 aromatic carbocycles. The van der Waals surface area contributed by atoms with Gasteiger partial charge in [-0.2, -0.15) is 0 Å². The fourth-order valence-corrected chi connectivity index (χ4v) is 5.49. The molecule has 0 saturated carbocycles. The molecule has 0 unspecified atom stereocenters. The van der Waals surface area contributed by atoms with Crippen LogP contribution in [0.4, 0.5) is 0 Å². The summed E-state index contributed by atoms with van der Waals surface area (Å²) in [6, 6.07) is 3.68. The summed E-state index contributed by atoms with van der Waals surface area (Å²) in [6.07, 6.45) is 0. The molecule has 0 bridgehead atoms. The van der Waals surface area contributed by atoms with Crippen LogP contribution in [0.1, 0.15) is 34.6 Å². The zero-order valence-electron chi connectivity index (χ0n) is 13.9. The van der Waals surface area contributed by atoms with Crippen molar-refractivity contribution in [3.63, 3.8) is 0 Å². The van der Waals surface area contributed by atoms with Gasteiger partial charge in [-0.1, -0.05) is 34.6 Å². The van der Waals surface area contributed by atoms with E-state index in [4.69, 9.17) is 8.85 Å². The largest absolute Gasteiger partial charge is 0.417 e. The van der Waals surface area contributed by atoms with Crippen molar-refractivity contribution in [2.24, 2.45) is 5.41 Å². The zero-order valence-corrected chi connectivity index (χ0v) is 15.9. The molecule has 0 aromatic rings. The lowest BCUT2D eigenvalue weighted by Crippen LogP contribution is -2.41. The molecular formula is C14H34O2Si2. The molecule has 0 heterocycles. The van der Waals surface area contributed by atoms with E-state index in [1.165, 1.54) is 18.1 Å². The fourth-order valence-electron chi connectivity index (χ4n) is 1.86. The van der Waals surface area contributed by atoms with E-state index in [1.54, 1.807) is 0 Å². The monoisotopic (exact) mass is 290 g/mol. The highest BCUT2D eigenvalue weighted by atomic mass is 28.4. The second-order valence-corrected chi connectivity index (χ2v) is 16.4. The van der Waals surface area contributed by atoms with Gasteiger partial charge in [-0.25, -0.2) is 0 Å². The van der Waals surface area contributed by atoms with E-state index in [-0.39, 0.29) is 5.41 Å². The highest BCUT2D eigenvalue weighted by Crippen LogP contribution is 2.26. The van der Waals surface area contributed by atoms with E-state index in [0.29, 0.717) is 0 Å². The van der Waals surface area contributed by atoms with Crippen molar-refractivity contribution in [1.82, 2.24) is 0 Å². The molecule has 0 fully saturated rings. The molecule has 0 aromatic heterocycles. The van der Waals surface area contributed by atoms with Gasteiger partial charge in [0, 0.05) is 18.6 Å². The van der Waals surface area contributed by atoms with Crippen molar-refractivity contribution in [1.29, 1.82) is 0 Å². The molecule has 0 N–H and O–H groups in total. The third-order valence-corrected chi connectivity index (χ3v) is 9.23. The van der Waals surface area contributed by atoms with Crippen molar-refractivity contribution < 1.29 is 8.85 Å². The Morgan fingerprint density at radius 1 is 0.778 bits per heavy atom. The van der Waals surface area contributed by atoms with Gasteiger partial charge in [-0.15, -0.1) is 0 Å². The van der Waals surface area contributed by atoms with E-state index in [2.05, 4.69) is 54.3 Å². The van der Waals surface area contributed by atoms with Crippen molar-refractivity contribution in [3.8, 4) is 0 Å². The maximum atomic E-state index is 6.38. The molecule has 0 saturated heterocycles. The van der Waals surface area contributed by atoms with Crippen molar-refractivity contribution in [3.05, 3.63) is 0 Å². The van der Waals surface area contributed by atoms with E-state index in [0.717, 1.165) is 13.2 Å². The van der Waals surface area contributed by atoms with Crippen LogP contribution in [0.5, 0.6) is 0 Å². The van der Waals surface area contributed by atoms with Crippen LogP contribution in [0.3, 0.4) is 0 Å². The third-order valence-electron chi connectivity index (χ3n) is 3.60. The molecule has 110 valence electrons. The van der Waals surface area contributed by atoms with Crippen molar-refractivity contribution in [2.45, 2.75) is 72.4 Å². The van der Waals surface area contributed by atoms with Crippen LogP contribution in [-0.4, -0.2) is 29.8 Å². The van der Waals surface area contributed by atoms with Gasteiger partial charge >= 0.3 is 0 Å². The Kier molecular flexibility index (Phi) is 7.36. The summed E-state index contributed by atoms with van der Waals surface area (Å²) in [4.78, 5) is 0.